The molecule has 3 N–H and O–H groups in total. The molecule has 1 saturated carbocycles. The molecule has 3 heteroatoms. The molecule has 0 radical (unpaired) electrons. The minimum Gasteiger partial charge on any atom is -0.378 e. The molecule has 0 aromatic carbocycles. The smallest absolute Gasteiger partial charge is 0.120 e. The molecule has 1 rings (SSSR count). The van der Waals surface area contributed by atoms with Crippen molar-refractivity contribution in [2.24, 2.45) is 5.92 Å². The fourth-order valence-corrected chi connectivity index (χ4v) is 1.98. The van der Waals surface area contributed by atoms with Gasteiger partial charge in [-0.2, -0.15) is 5.48 Å². The Hall–Kier alpha value is -0.560. The highest BCUT2D eigenvalue weighted by atomic mass is 16.5. The van der Waals surface area contributed by atoms with Gasteiger partial charge in [-0.15, -0.1) is 0 Å². The normalized spacial score (nSPS) is 20.5. The van der Waals surface area contributed by atoms with Crippen LogP contribution in [0, 0.1) is 17.8 Å². The fraction of sp³-hybridized carbons (Fsp3) is 0.833. The lowest BCUT2D eigenvalue weighted by atomic mass is 9.84. The first-order valence-electron chi connectivity index (χ1n) is 5.67. The van der Waals surface area contributed by atoms with Crippen molar-refractivity contribution < 1.29 is 10.3 Å². The van der Waals surface area contributed by atoms with Crippen LogP contribution in [-0.2, 0) is 0 Å². The number of hydrogen-bond donors (Lipinski definition) is 3. The lowest BCUT2D eigenvalue weighted by Gasteiger charge is -2.25. The Morgan fingerprint density at radius 1 is 1.27 bits per heavy atom. The molecular formula is C12H21NO2. The molecule has 0 bridgehead atoms. The number of nitrogens with one attached hydrogen (secondary N) is 1. The highest BCUT2D eigenvalue weighted by Gasteiger charge is 2.21. The molecule has 3 nitrogen and oxygen atoms in total. The molecule has 15 heavy (non-hydrogen) atoms. The summed E-state index contributed by atoms with van der Waals surface area (Å²) < 4.78 is 0. The number of rotatable bonds is 2. The zero-order valence-electron chi connectivity index (χ0n) is 9.58. The van der Waals surface area contributed by atoms with Crippen LogP contribution in [0.15, 0.2) is 0 Å². The largest absolute Gasteiger partial charge is 0.378 e. The molecule has 0 aliphatic heterocycles. The van der Waals surface area contributed by atoms with Gasteiger partial charge >= 0.3 is 0 Å². The van der Waals surface area contributed by atoms with Crippen LogP contribution in [0.25, 0.3) is 0 Å². The Balaban J connectivity index is 2.57. The average Bonchev–Trinajstić information content (AvgIpc) is 2.19. The molecule has 0 saturated heterocycles. The number of hydrogen-bond acceptors (Lipinski definition) is 3. The maximum absolute atomic E-state index is 9.48. The second-order valence-electron chi connectivity index (χ2n) is 4.83. The van der Waals surface area contributed by atoms with Gasteiger partial charge in [0, 0.05) is 0 Å². The summed E-state index contributed by atoms with van der Waals surface area (Å²) in [6.07, 6.45) is 5.94. The van der Waals surface area contributed by atoms with E-state index >= 15 is 0 Å². The molecule has 0 unspecified atom stereocenters. The van der Waals surface area contributed by atoms with Crippen LogP contribution in [0.1, 0.15) is 46.0 Å². The van der Waals surface area contributed by atoms with Gasteiger partial charge in [-0.1, -0.05) is 31.1 Å². The van der Waals surface area contributed by atoms with Gasteiger partial charge in [0.2, 0.25) is 0 Å². The fourth-order valence-electron chi connectivity index (χ4n) is 1.98. The maximum atomic E-state index is 9.48. The highest BCUT2D eigenvalue weighted by molar-refractivity contribution is 5.16. The van der Waals surface area contributed by atoms with Crippen LogP contribution in [-0.4, -0.2) is 22.0 Å². The van der Waals surface area contributed by atoms with E-state index in [0.29, 0.717) is 5.92 Å². The van der Waals surface area contributed by atoms with E-state index in [2.05, 4.69) is 17.3 Å². The molecule has 0 heterocycles. The minimum absolute atomic E-state index is 0.197. The van der Waals surface area contributed by atoms with Gasteiger partial charge in [-0.05, 0) is 32.6 Å². The second-order valence-corrected chi connectivity index (χ2v) is 4.83. The summed E-state index contributed by atoms with van der Waals surface area (Å²) >= 11 is 0. The SMILES string of the molecule is CC(C)(O)C#C[C@H](NO)C1CCCCC1. The molecular weight excluding hydrogens is 190 g/mol. The Labute approximate surface area is 91.8 Å². The van der Waals surface area contributed by atoms with Crippen molar-refractivity contribution in [1.82, 2.24) is 5.48 Å². The van der Waals surface area contributed by atoms with Crippen LogP contribution >= 0.6 is 0 Å². The molecule has 0 aromatic heterocycles. The van der Waals surface area contributed by atoms with E-state index in [1.807, 2.05) is 0 Å². The summed E-state index contributed by atoms with van der Waals surface area (Å²) in [5.41, 5.74) is 1.28. The lowest BCUT2D eigenvalue weighted by Crippen LogP contribution is -2.34. The van der Waals surface area contributed by atoms with Gasteiger partial charge in [0.05, 0.1) is 6.04 Å². The zero-order valence-corrected chi connectivity index (χ0v) is 9.58. The van der Waals surface area contributed by atoms with Crippen LogP contribution < -0.4 is 5.48 Å². The predicted octanol–water partition coefficient (Wildman–Crippen LogP) is 1.69. The van der Waals surface area contributed by atoms with E-state index in [1.165, 1.54) is 19.3 Å². The third-order valence-electron chi connectivity index (χ3n) is 2.79. The Morgan fingerprint density at radius 3 is 2.33 bits per heavy atom. The van der Waals surface area contributed by atoms with E-state index in [9.17, 15) is 5.11 Å². The first-order valence-corrected chi connectivity index (χ1v) is 5.67. The number of hydroxylamine groups is 1. The maximum Gasteiger partial charge on any atom is 0.120 e. The summed E-state index contributed by atoms with van der Waals surface area (Å²) in [7, 11) is 0. The van der Waals surface area contributed by atoms with Gasteiger partial charge in [0.15, 0.2) is 0 Å². The summed E-state index contributed by atoms with van der Waals surface area (Å²) in [6, 6.07) is -0.197. The van der Waals surface area contributed by atoms with Gasteiger partial charge in [0.25, 0.3) is 0 Å². The zero-order chi connectivity index (χ0) is 11.3. The molecule has 1 atom stereocenters. The quantitative estimate of drug-likeness (QED) is 0.481. The van der Waals surface area contributed by atoms with Crippen molar-refractivity contribution in [2.45, 2.75) is 57.6 Å². The Morgan fingerprint density at radius 2 is 1.87 bits per heavy atom. The van der Waals surface area contributed by atoms with Gasteiger partial charge in [0.1, 0.15) is 5.60 Å². The minimum atomic E-state index is -0.982. The van der Waals surface area contributed by atoms with Gasteiger partial charge < -0.3 is 10.3 Å². The Bertz CT molecular complexity index is 241. The molecule has 1 aliphatic rings. The molecule has 1 aliphatic carbocycles. The van der Waals surface area contributed by atoms with Crippen molar-refractivity contribution in [2.75, 3.05) is 0 Å². The van der Waals surface area contributed by atoms with Crippen LogP contribution in [0.5, 0.6) is 0 Å². The van der Waals surface area contributed by atoms with E-state index < -0.39 is 5.60 Å². The summed E-state index contributed by atoms with van der Waals surface area (Å²) in [5, 5.41) is 18.5. The molecule has 0 aromatic rings. The molecule has 1 fully saturated rings. The van der Waals surface area contributed by atoms with Gasteiger partial charge in [-0.3, -0.25) is 0 Å². The van der Waals surface area contributed by atoms with Crippen molar-refractivity contribution in [3.05, 3.63) is 0 Å². The van der Waals surface area contributed by atoms with Crippen molar-refractivity contribution >= 4 is 0 Å². The first kappa shape index (κ1) is 12.5. The predicted molar refractivity (Wildman–Crippen MR) is 59.4 cm³/mol. The summed E-state index contributed by atoms with van der Waals surface area (Å²) in [5.74, 6) is 6.09. The Kier molecular flexibility index (Phi) is 4.59. The summed E-state index contributed by atoms with van der Waals surface area (Å²) in [6.45, 7) is 3.30. The standard InChI is InChI=1S/C12H21NO2/c1-12(2,14)9-8-11(13-15)10-6-4-3-5-7-10/h10-11,13-15H,3-7H2,1-2H3/t11-/m0/s1. The van der Waals surface area contributed by atoms with Crippen LogP contribution in [0.2, 0.25) is 0 Å². The van der Waals surface area contributed by atoms with Crippen molar-refractivity contribution in [3.63, 3.8) is 0 Å². The highest BCUT2D eigenvalue weighted by Crippen LogP contribution is 2.26. The van der Waals surface area contributed by atoms with E-state index in [4.69, 9.17) is 5.21 Å². The molecule has 86 valence electrons. The lowest BCUT2D eigenvalue weighted by molar-refractivity contribution is 0.108. The topological polar surface area (TPSA) is 52.5 Å². The second kappa shape index (κ2) is 5.50. The summed E-state index contributed by atoms with van der Waals surface area (Å²) in [4.78, 5) is 0. The van der Waals surface area contributed by atoms with Crippen LogP contribution in [0.3, 0.4) is 0 Å². The first-order chi connectivity index (χ1) is 7.03. The molecule has 0 spiro atoms. The van der Waals surface area contributed by atoms with Crippen molar-refractivity contribution in [1.29, 1.82) is 0 Å². The van der Waals surface area contributed by atoms with E-state index in [0.717, 1.165) is 12.8 Å². The van der Waals surface area contributed by atoms with Gasteiger partial charge in [-0.25, -0.2) is 0 Å². The van der Waals surface area contributed by atoms with Crippen molar-refractivity contribution in [3.8, 4) is 11.8 Å². The average molecular weight is 211 g/mol. The monoisotopic (exact) mass is 211 g/mol. The third-order valence-corrected chi connectivity index (χ3v) is 2.79. The third kappa shape index (κ3) is 4.65. The van der Waals surface area contributed by atoms with E-state index in [-0.39, 0.29) is 6.04 Å². The van der Waals surface area contributed by atoms with E-state index in [1.54, 1.807) is 13.8 Å². The molecule has 0 amide bonds. The number of aliphatic hydroxyl groups is 1. The van der Waals surface area contributed by atoms with Crippen LogP contribution in [0.4, 0.5) is 0 Å².